The van der Waals surface area contributed by atoms with Gasteiger partial charge in [-0.2, -0.15) is 0 Å². The SMILES string of the molecule is NCCCC[C@H](NC(=O)[C@@H](N)CCCCN)C(=O)N[C@@H](CCCN=C(N)N)C(=O)N1CCC[C@H]1C(=O)N1CC(O)C[C@H]1C(=O)NCC(=O)N[C@H](C(=O)N[C@@H](CO)C(=O)N[C@@H](C(=O)N1C(C(=O)O)C[C@@H]2CCCC[C@@H]21)C1Cc2ccccc2C1)C1Cc2ccccc2C1. The first-order chi connectivity index (χ1) is 44.2. The van der Waals surface area contributed by atoms with Gasteiger partial charge in [0.2, 0.25) is 53.2 Å². The number of guanidine groups is 1. The van der Waals surface area contributed by atoms with E-state index in [0.29, 0.717) is 90.1 Å². The summed E-state index contributed by atoms with van der Waals surface area (Å²) in [6.07, 6.45) is 7.16. The van der Waals surface area contributed by atoms with Crippen molar-refractivity contribution in [3.63, 3.8) is 0 Å². The third-order valence-electron chi connectivity index (χ3n) is 19.3. The van der Waals surface area contributed by atoms with E-state index in [2.05, 4.69) is 36.9 Å². The normalized spacial score (nSPS) is 22.9. The summed E-state index contributed by atoms with van der Waals surface area (Å²) in [6, 6.07) is 3.86. The lowest BCUT2D eigenvalue weighted by atomic mass is 9.84. The zero-order valence-electron chi connectivity index (χ0n) is 52.4. The number of rotatable bonds is 31. The Balaban J connectivity index is 0.934. The number of carbonyl (C=O) groups excluding carboxylic acids is 9. The average molecular weight is 1280 g/mol. The van der Waals surface area contributed by atoms with Crippen molar-refractivity contribution in [2.75, 3.05) is 45.9 Å². The smallest absolute Gasteiger partial charge is 0.326 e. The maximum absolute atomic E-state index is 14.9. The molecule has 92 heavy (non-hydrogen) atoms. The lowest BCUT2D eigenvalue weighted by molar-refractivity contribution is -0.152. The van der Waals surface area contributed by atoms with Crippen molar-refractivity contribution in [3.8, 4) is 0 Å². The number of carbonyl (C=O) groups is 10. The van der Waals surface area contributed by atoms with Crippen LogP contribution in [0.4, 0.5) is 0 Å². The molecule has 19 N–H and O–H groups in total. The first-order valence-electron chi connectivity index (χ1n) is 32.8. The number of nitrogens with zero attached hydrogens (tertiary/aromatic N) is 4. The van der Waals surface area contributed by atoms with Crippen LogP contribution in [0.15, 0.2) is 53.5 Å². The van der Waals surface area contributed by atoms with E-state index in [4.69, 9.17) is 28.7 Å². The van der Waals surface area contributed by atoms with Crippen molar-refractivity contribution in [3.05, 3.63) is 70.8 Å². The molecule has 8 rings (SSSR count). The van der Waals surface area contributed by atoms with E-state index in [9.17, 15) is 63.3 Å². The Morgan fingerprint density at radius 1 is 0.598 bits per heavy atom. The van der Waals surface area contributed by atoms with Gasteiger partial charge in [-0.15, -0.1) is 0 Å². The summed E-state index contributed by atoms with van der Waals surface area (Å²) in [5.74, 6) is -8.74. The highest BCUT2D eigenvalue weighted by Gasteiger charge is 2.52. The monoisotopic (exact) mass is 1280 g/mol. The van der Waals surface area contributed by atoms with Gasteiger partial charge in [0.1, 0.15) is 48.3 Å². The van der Waals surface area contributed by atoms with Crippen molar-refractivity contribution in [2.45, 2.75) is 195 Å². The minimum Gasteiger partial charge on any atom is -0.480 e. The van der Waals surface area contributed by atoms with Gasteiger partial charge in [-0.3, -0.25) is 48.1 Å². The number of unbranched alkanes of at least 4 members (excludes halogenated alkanes) is 2. The molecule has 504 valence electrons. The number of aliphatic hydroxyl groups excluding tert-OH is 2. The molecule has 6 aliphatic rings. The van der Waals surface area contributed by atoms with Gasteiger partial charge in [0.25, 0.3) is 0 Å². The second-order valence-corrected chi connectivity index (χ2v) is 25.6. The van der Waals surface area contributed by atoms with Crippen LogP contribution >= 0.6 is 0 Å². The zero-order valence-corrected chi connectivity index (χ0v) is 52.4. The summed E-state index contributed by atoms with van der Waals surface area (Å²) in [7, 11) is 0. The van der Waals surface area contributed by atoms with Gasteiger partial charge in [-0.05, 0) is 156 Å². The quantitative estimate of drug-likeness (QED) is 0.0206. The molecule has 2 unspecified atom stereocenters. The van der Waals surface area contributed by atoms with Crippen LogP contribution in [0.3, 0.4) is 0 Å². The fraction of sp³-hybridized carbons (Fsp3) is 0.641. The molecular formula is C64H95N15O13. The molecule has 2 aromatic rings. The van der Waals surface area contributed by atoms with Gasteiger partial charge < -0.3 is 90.6 Å². The van der Waals surface area contributed by atoms with Gasteiger partial charge in [0.05, 0.1) is 25.3 Å². The molecule has 2 aromatic carbocycles. The largest absolute Gasteiger partial charge is 0.480 e. The molecule has 3 saturated heterocycles. The summed E-state index contributed by atoms with van der Waals surface area (Å²) in [6.45, 7) is -0.924. The number of nitrogens with two attached hydrogens (primary N) is 5. The molecule has 12 atom stereocenters. The lowest BCUT2D eigenvalue weighted by Crippen LogP contribution is -2.62. The van der Waals surface area contributed by atoms with Crippen molar-refractivity contribution in [1.29, 1.82) is 0 Å². The Labute approximate surface area is 536 Å². The van der Waals surface area contributed by atoms with Crippen LogP contribution < -0.4 is 60.6 Å². The van der Waals surface area contributed by atoms with Gasteiger partial charge >= 0.3 is 5.97 Å². The first-order valence-corrected chi connectivity index (χ1v) is 32.8. The van der Waals surface area contributed by atoms with E-state index in [1.165, 1.54) is 14.7 Å². The third-order valence-corrected chi connectivity index (χ3v) is 19.3. The molecule has 28 heteroatoms. The Morgan fingerprint density at radius 2 is 1.17 bits per heavy atom. The number of aliphatic hydroxyl groups is 2. The van der Waals surface area contributed by atoms with E-state index in [1.54, 1.807) is 0 Å². The molecule has 3 heterocycles. The average Bonchev–Trinajstić information content (AvgIpc) is 1.62. The second kappa shape index (κ2) is 33.2. The number of likely N-dealkylation sites (tertiary alicyclic amines) is 3. The van der Waals surface area contributed by atoms with Crippen molar-refractivity contribution in [1.82, 2.24) is 46.6 Å². The molecule has 1 saturated carbocycles. The van der Waals surface area contributed by atoms with Crippen LogP contribution in [-0.4, -0.2) is 208 Å². The van der Waals surface area contributed by atoms with E-state index in [-0.39, 0.29) is 69.7 Å². The highest BCUT2D eigenvalue weighted by molar-refractivity contribution is 5.99. The molecule has 3 aliphatic carbocycles. The molecular weight excluding hydrogens is 1190 g/mol. The molecule has 0 spiro atoms. The number of fused-ring (bicyclic) bond motifs is 3. The summed E-state index contributed by atoms with van der Waals surface area (Å²) >= 11 is 0. The van der Waals surface area contributed by atoms with Gasteiger partial charge in [0.15, 0.2) is 5.96 Å². The summed E-state index contributed by atoms with van der Waals surface area (Å²) in [4.78, 5) is 150. The topological polar surface area (TPSA) is 456 Å². The van der Waals surface area contributed by atoms with Crippen molar-refractivity contribution in [2.24, 2.45) is 51.4 Å². The molecule has 0 radical (unpaired) electrons. The van der Waals surface area contributed by atoms with Crippen LogP contribution in [0, 0.1) is 17.8 Å². The molecule has 3 aliphatic heterocycles. The van der Waals surface area contributed by atoms with Crippen molar-refractivity contribution < 1.29 is 63.3 Å². The van der Waals surface area contributed by atoms with Crippen molar-refractivity contribution >= 4 is 65.1 Å². The fourth-order valence-electron chi connectivity index (χ4n) is 14.5. The standard InChI is InChI=1S/C64H95N15O13/c65-23-9-7-18-44(67)55(83)72-45(19-8-10-24-66)56(84)73-46(20-11-25-70-64(68)69)60(88)77-26-12-22-49(77)61(89)78-34-43(81)32-50(78)58(86)71-33-52(82)75-53(41-27-36-13-1-2-14-37(36)28-41)59(87)74-47(35-80)57(85)76-54(42-29-38-15-3-4-16-39(38)30-42)62(90)79-48-21-6-5-17-40(48)31-51(79)63(91)92/h1-4,13-16,40-51,53-54,80-81H,5-12,17-35,65-67H2,(H,71,86)(H,72,83)(H,73,84)(H,74,87)(H,75,82)(H,76,85)(H,91,92)(H4,68,69,70)/t40-,43?,44-,45-,46-,47-,48-,49-,50-,51?,53-,54+/m0/s1. The van der Waals surface area contributed by atoms with Gasteiger partial charge in [0, 0.05) is 32.1 Å². The summed E-state index contributed by atoms with van der Waals surface area (Å²) in [5, 5.41) is 48.5. The van der Waals surface area contributed by atoms with E-state index in [0.717, 1.165) is 41.5 Å². The lowest BCUT2D eigenvalue weighted by Gasteiger charge is -2.37. The predicted molar refractivity (Wildman–Crippen MR) is 338 cm³/mol. The minimum atomic E-state index is -1.63. The van der Waals surface area contributed by atoms with Crippen LogP contribution in [0.1, 0.15) is 125 Å². The molecule has 0 bridgehead atoms. The highest BCUT2D eigenvalue weighted by atomic mass is 16.4. The third kappa shape index (κ3) is 17.7. The minimum absolute atomic E-state index is 0.00657. The number of carboxylic acids is 1. The summed E-state index contributed by atoms with van der Waals surface area (Å²) < 4.78 is 0. The number of aliphatic imine (C=N–C) groups is 1. The number of hydrogen-bond donors (Lipinski definition) is 14. The van der Waals surface area contributed by atoms with Crippen LogP contribution in [0.25, 0.3) is 0 Å². The number of hydrogen-bond acceptors (Lipinski definition) is 16. The molecule has 0 aromatic heterocycles. The maximum atomic E-state index is 14.9. The Hall–Kier alpha value is -7.79. The molecule has 9 amide bonds. The van der Waals surface area contributed by atoms with E-state index >= 15 is 0 Å². The zero-order chi connectivity index (χ0) is 66.2. The van der Waals surface area contributed by atoms with Gasteiger partial charge in [-0.25, -0.2) is 4.79 Å². The molecule has 28 nitrogen and oxygen atoms in total. The second-order valence-electron chi connectivity index (χ2n) is 25.6. The summed E-state index contributed by atoms with van der Waals surface area (Å²) in [5.41, 5.74) is 32.5. The molecule has 4 fully saturated rings. The van der Waals surface area contributed by atoms with Crippen LogP contribution in [0.2, 0.25) is 0 Å². The Bertz CT molecular complexity index is 2950. The number of amides is 9. The highest BCUT2D eigenvalue weighted by Crippen LogP contribution is 2.41. The number of nitrogens with one attached hydrogen (secondary N) is 6. The Kier molecular flexibility index (Phi) is 25.3. The number of β-amino-alcohol motifs (C(OH)–C–C–N with tert-alkyl or cyclic N) is 1. The van der Waals surface area contributed by atoms with E-state index < -0.39 is 145 Å². The van der Waals surface area contributed by atoms with Gasteiger partial charge in [-0.1, -0.05) is 67.8 Å². The number of carboxylic acid groups (broad SMARTS) is 1. The number of aliphatic carboxylic acids is 1. The van der Waals surface area contributed by atoms with E-state index in [1.807, 2.05) is 48.5 Å². The van der Waals surface area contributed by atoms with Crippen LogP contribution in [-0.2, 0) is 73.6 Å². The predicted octanol–water partition coefficient (Wildman–Crippen LogP) is -2.82. The maximum Gasteiger partial charge on any atom is 0.326 e. The Morgan fingerprint density at radius 3 is 1.78 bits per heavy atom. The first kappa shape index (κ1) is 70.1. The number of benzene rings is 2. The van der Waals surface area contributed by atoms with Crippen LogP contribution in [0.5, 0.6) is 0 Å². The fourth-order valence-corrected chi connectivity index (χ4v) is 14.5.